The van der Waals surface area contributed by atoms with Gasteiger partial charge in [-0.1, -0.05) is 15.9 Å². The van der Waals surface area contributed by atoms with Crippen LogP contribution in [-0.4, -0.2) is 31.0 Å². The van der Waals surface area contributed by atoms with Crippen molar-refractivity contribution >= 4 is 45.1 Å². The molecule has 2 rings (SSSR count). The third-order valence-electron chi connectivity index (χ3n) is 3.81. The summed E-state index contributed by atoms with van der Waals surface area (Å²) in [6.45, 7) is 3.95. The molecule has 0 aliphatic rings. The van der Waals surface area contributed by atoms with Crippen LogP contribution in [0.25, 0.3) is 0 Å². The number of ether oxygens (including phenoxy) is 2. The summed E-state index contributed by atoms with van der Waals surface area (Å²) in [6.07, 6.45) is -0.160. The minimum Gasteiger partial charge on any atom is -0.494 e. The van der Waals surface area contributed by atoms with Crippen molar-refractivity contribution < 1.29 is 23.9 Å². The molecule has 2 aromatic carbocycles. The third-order valence-corrected chi connectivity index (χ3v) is 4.70. The molecule has 0 aliphatic carbocycles. The maximum Gasteiger partial charge on any atom is 0.306 e. The Morgan fingerprint density at radius 2 is 1.59 bits per heavy atom. The first-order valence-electron chi connectivity index (χ1n) is 9.11. The SMILES string of the molecule is CCOc1ccc(NC(=O)CCC(=O)OCC(=O)Nc2ccc(Br)c(C)c2)cc1. The lowest BCUT2D eigenvalue weighted by atomic mass is 10.2. The lowest BCUT2D eigenvalue weighted by Gasteiger charge is -2.09. The van der Waals surface area contributed by atoms with Gasteiger partial charge in [-0.25, -0.2) is 0 Å². The second-order valence-electron chi connectivity index (χ2n) is 6.18. The van der Waals surface area contributed by atoms with Gasteiger partial charge in [0.1, 0.15) is 5.75 Å². The van der Waals surface area contributed by atoms with E-state index in [4.69, 9.17) is 9.47 Å². The van der Waals surface area contributed by atoms with E-state index in [2.05, 4.69) is 26.6 Å². The molecule has 154 valence electrons. The van der Waals surface area contributed by atoms with Gasteiger partial charge in [-0.15, -0.1) is 0 Å². The molecular formula is C21H23BrN2O5. The van der Waals surface area contributed by atoms with Crippen LogP contribution >= 0.6 is 15.9 Å². The number of nitrogens with one attached hydrogen (secondary N) is 2. The summed E-state index contributed by atoms with van der Waals surface area (Å²) in [5.74, 6) is -0.667. The zero-order chi connectivity index (χ0) is 21.2. The number of anilines is 2. The second kappa shape index (κ2) is 11.2. The molecule has 0 aliphatic heterocycles. The topological polar surface area (TPSA) is 93.7 Å². The summed E-state index contributed by atoms with van der Waals surface area (Å²) in [7, 11) is 0. The van der Waals surface area contributed by atoms with Crippen LogP contribution in [-0.2, 0) is 19.1 Å². The normalized spacial score (nSPS) is 10.2. The van der Waals surface area contributed by atoms with Crippen molar-refractivity contribution in [2.75, 3.05) is 23.8 Å². The monoisotopic (exact) mass is 462 g/mol. The first-order chi connectivity index (χ1) is 13.9. The van der Waals surface area contributed by atoms with Gasteiger partial charge in [-0.3, -0.25) is 14.4 Å². The van der Waals surface area contributed by atoms with E-state index in [-0.39, 0.29) is 18.7 Å². The zero-order valence-corrected chi connectivity index (χ0v) is 17.9. The summed E-state index contributed by atoms with van der Waals surface area (Å²) >= 11 is 3.38. The van der Waals surface area contributed by atoms with Crippen LogP contribution in [0.5, 0.6) is 5.75 Å². The molecule has 0 heterocycles. The zero-order valence-electron chi connectivity index (χ0n) is 16.3. The first-order valence-corrected chi connectivity index (χ1v) is 9.91. The number of carbonyl (C=O) groups is 3. The molecule has 0 radical (unpaired) electrons. The van der Waals surface area contributed by atoms with E-state index in [1.54, 1.807) is 36.4 Å². The molecule has 0 bridgehead atoms. The summed E-state index contributed by atoms with van der Waals surface area (Å²) in [5.41, 5.74) is 2.19. The van der Waals surface area contributed by atoms with Crippen LogP contribution in [0.3, 0.4) is 0 Å². The molecule has 7 nitrogen and oxygen atoms in total. The Balaban J connectivity index is 1.68. The number of aryl methyl sites for hydroxylation is 1. The number of hydrogen-bond donors (Lipinski definition) is 2. The minimum atomic E-state index is -0.617. The Morgan fingerprint density at radius 1 is 0.931 bits per heavy atom. The number of carbonyl (C=O) groups excluding carboxylic acids is 3. The molecule has 2 amide bonds. The molecule has 2 N–H and O–H groups in total. The van der Waals surface area contributed by atoms with Crippen molar-refractivity contribution in [3.05, 3.63) is 52.5 Å². The molecule has 0 unspecified atom stereocenters. The quantitative estimate of drug-likeness (QED) is 0.548. The smallest absolute Gasteiger partial charge is 0.306 e. The van der Waals surface area contributed by atoms with E-state index in [9.17, 15) is 14.4 Å². The summed E-state index contributed by atoms with van der Waals surface area (Å²) < 4.78 is 11.2. The van der Waals surface area contributed by atoms with Crippen LogP contribution in [0.4, 0.5) is 11.4 Å². The molecule has 2 aromatic rings. The van der Waals surface area contributed by atoms with Crippen LogP contribution in [0.1, 0.15) is 25.3 Å². The Morgan fingerprint density at radius 3 is 2.24 bits per heavy atom. The highest BCUT2D eigenvalue weighted by atomic mass is 79.9. The van der Waals surface area contributed by atoms with Crippen molar-refractivity contribution in [3.63, 3.8) is 0 Å². The Labute approximate surface area is 177 Å². The highest BCUT2D eigenvalue weighted by Gasteiger charge is 2.11. The minimum absolute atomic E-state index is 0.0421. The molecular weight excluding hydrogens is 440 g/mol. The van der Waals surface area contributed by atoms with Gasteiger partial charge in [0.2, 0.25) is 5.91 Å². The van der Waals surface area contributed by atoms with E-state index in [1.807, 2.05) is 19.9 Å². The van der Waals surface area contributed by atoms with Crippen LogP contribution in [0.15, 0.2) is 46.9 Å². The number of hydrogen-bond acceptors (Lipinski definition) is 5. The van der Waals surface area contributed by atoms with E-state index < -0.39 is 18.5 Å². The van der Waals surface area contributed by atoms with Crippen LogP contribution < -0.4 is 15.4 Å². The van der Waals surface area contributed by atoms with Crippen molar-refractivity contribution in [1.29, 1.82) is 0 Å². The molecule has 0 saturated heterocycles. The summed E-state index contributed by atoms with van der Waals surface area (Å²) in [4.78, 5) is 35.6. The van der Waals surface area contributed by atoms with Crippen LogP contribution in [0, 0.1) is 6.92 Å². The molecule has 0 aromatic heterocycles. The maximum absolute atomic E-state index is 11.9. The highest BCUT2D eigenvalue weighted by Crippen LogP contribution is 2.20. The molecule has 0 spiro atoms. The highest BCUT2D eigenvalue weighted by molar-refractivity contribution is 9.10. The number of benzene rings is 2. The predicted octanol–water partition coefficient (Wildman–Crippen LogP) is 4.06. The van der Waals surface area contributed by atoms with Crippen LogP contribution in [0.2, 0.25) is 0 Å². The average molecular weight is 463 g/mol. The Bertz CT molecular complexity index is 868. The van der Waals surface area contributed by atoms with Gasteiger partial charge < -0.3 is 20.1 Å². The predicted molar refractivity (Wildman–Crippen MR) is 114 cm³/mol. The number of halogens is 1. The lowest BCUT2D eigenvalue weighted by molar-refractivity contribution is -0.147. The second-order valence-corrected chi connectivity index (χ2v) is 7.03. The standard InChI is InChI=1S/C21H23BrN2O5/c1-3-28-17-7-4-15(5-8-17)23-19(25)10-11-21(27)29-13-20(26)24-16-6-9-18(22)14(2)12-16/h4-9,12H,3,10-11,13H2,1-2H3,(H,23,25)(H,24,26). The van der Waals surface area contributed by atoms with Gasteiger partial charge in [0.15, 0.2) is 6.61 Å². The number of rotatable bonds is 9. The van der Waals surface area contributed by atoms with E-state index in [1.165, 1.54) is 0 Å². The number of esters is 1. The Kier molecular flexibility index (Phi) is 8.67. The average Bonchev–Trinajstić information content (AvgIpc) is 2.69. The van der Waals surface area contributed by atoms with Crippen molar-refractivity contribution in [3.8, 4) is 5.75 Å². The van der Waals surface area contributed by atoms with Crippen molar-refractivity contribution in [1.82, 2.24) is 0 Å². The van der Waals surface area contributed by atoms with Gasteiger partial charge in [0.25, 0.3) is 5.91 Å². The first kappa shape index (κ1) is 22.4. The summed E-state index contributed by atoms with van der Waals surface area (Å²) in [6, 6.07) is 12.3. The van der Waals surface area contributed by atoms with Gasteiger partial charge >= 0.3 is 5.97 Å². The molecule has 0 atom stereocenters. The van der Waals surface area contributed by atoms with Gasteiger partial charge in [-0.05, 0) is 61.9 Å². The molecule has 29 heavy (non-hydrogen) atoms. The third kappa shape index (κ3) is 7.95. The largest absolute Gasteiger partial charge is 0.494 e. The molecule has 8 heteroatoms. The Hall–Kier alpha value is -2.87. The van der Waals surface area contributed by atoms with Gasteiger partial charge in [0.05, 0.1) is 13.0 Å². The van der Waals surface area contributed by atoms with E-state index in [0.717, 1.165) is 10.0 Å². The maximum atomic E-state index is 11.9. The van der Waals surface area contributed by atoms with Gasteiger partial charge in [-0.2, -0.15) is 0 Å². The fourth-order valence-corrected chi connectivity index (χ4v) is 2.62. The fraction of sp³-hybridized carbons (Fsp3) is 0.286. The van der Waals surface area contributed by atoms with Crippen molar-refractivity contribution in [2.45, 2.75) is 26.7 Å². The lowest BCUT2D eigenvalue weighted by Crippen LogP contribution is -2.21. The van der Waals surface area contributed by atoms with Crippen molar-refractivity contribution in [2.24, 2.45) is 0 Å². The van der Waals surface area contributed by atoms with E-state index >= 15 is 0 Å². The van der Waals surface area contributed by atoms with Gasteiger partial charge in [0, 0.05) is 22.3 Å². The van der Waals surface area contributed by atoms with E-state index in [0.29, 0.717) is 23.7 Å². The molecule has 0 fully saturated rings. The molecule has 0 saturated carbocycles. The summed E-state index contributed by atoms with van der Waals surface area (Å²) in [5, 5.41) is 5.34. The fourth-order valence-electron chi connectivity index (χ4n) is 2.38. The number of amides is 2.